The molecule has 1 aliphatic rings. The average Bonchev–Trinajstić information content (AvgIpc) is 3.41. The Balaban J connectivity index is 0.00000576. The number of carbonyl (C=O) groups excluding carboxylic acids is 2. The molecule has 0 spiro atoms. The molecule has 0 saturated carbocycles. The fourth-order valence-corrected chi connectivity index (χ4v) is 5.89. The molecule has 2 unspecified atom stereocenters. The number of anilines is 1. The summed E-state index contributed by atoms with van der Waals surface area (Å²) >= 11 is 0. The predicted octanol–water partition coefficient (Wildman–Crippen LogP) is 6.19. The number of carbonyl (C=O) groups is 2. The van der Waals surface area contributed by atoms with E-state index in [0.29, 0.717) is 30.4 Å². The highest BCUT2D eigenvalue weighted by Gasteiger charge is 2.36. The van der Waals surface area contributed by atoms with Crippen LogP contribution in [0.3, 0.4) is 0 Å². The van der Waals surface area contributed by atoms with E-state index < -0.39 is 39.6 Å². The number of alkyl halides is 3. The highest BCUT2D eigenvalue weighted by molar-refractivity contribution is 8.32. The molecule has 2 amide bonds. The highest BCUT2D eigenvalue weighted by atomic mass is 32.3. The van der Waals surface area contributed by atoms with Crippen molar-refractivity contribution in [2.24, 2.45) is 5.92 Å². The van der Waals surface area contributed by atoms with Gasteiger partial charge in [0.25, 0.3) is 0 Å². The number of hydrogen-bond acceptors (Lipinski definition) is 6. The van der Waals surface area contributed by atoms with Crippen LogP contribution in [0.25, 0.3) is 10.9 Å². The number of aromatic nitrogens is 4. The number of amides is 2. The van der Waals surface area contributed by atoms with Crippen molar-refractivity contribution < 1.29 is 28.9 Å². The summed E-state index contributed by atoms with van der Waals surface area (Å²) < 4.78 is 47.0. The van der Waals surface area contributed by atoms with E-state index in [2.05, 4.69) is 52.3 Å². The van der Waals surface area contributed by atoms with Crippen molar-refractivity contribution in [1.82, 2.24) is 24.6 Å². The lowest BCUT2D eigenvalue weighted by atomic mass is 9.80. The molecular weight excluding hydrogens is 605 g/mol. The van der Waals surface area contributed by atoms with Crippen LogP contribution in [0.15, 0.2) is 73.4 Å². The average molecular weight is 647 g/mol. The zero-order valence-corrected chi connectivity index (χ0v) is 26.7. The van der Waals surface area contributed by atoms with Crippen LogP contribution in [0, 0.1) is 5.92 Å². The SMILES string of the molecule is C=CC1=C(C=C)C(N(Cc2ccc(C(F)(F)F)cn2)C(=O)C(=O)Nc2cncc3cnn(COCCS(C)(C)C)c23)CCC1C.[HH]. The number of hydrogen-bond donors (Lipinski definition) is 1. The van der Waals surface area contributed by atoms with Crippen LogP contribution in [0.5, 0.6) is 0 Å². The van der Waals surface area contributed by atoms with Crippen molar-refractivity contribution in [1.29, 1.82) is 0 Å². The normalized spacial score (nSPS) is 17.7. The van der Waals surface area contributed by atoms with Gasteiger partial charge in [0.15, 0.2) is 0 Å². The maximum absolute atomic E-state index is 13.9. The third kappa shape index (κ3) is 8.20. The van der Waals surface area contributed by atoms with Gasteiger partial charge in [0.05, 0.1) is 54.0 Å². The Morgan fingerprint density at radius 1 is 1.13 bits per heavy atom. The molecule has 9 nitrogen and oxygen atoms in total. The molecule has 3 heterocycles. The smallest absolute Gasteiger partial charge is 0.358 e. The van der Waals surface area contributed by atoms with Gasteiger partial charge in [-0.1, -0.05) is 32.2 Å². The van der Waals surface area contributed by atoms with Gasteiger partial charge in [-0.2, -0.15) is 18.3 Å². The number of pyridine rings is 2. The number of allylic oxidation sites excluding steroid dienone is 2. The first kappa shape index (κ1) is 33.9. The minimum atomic E-state index is -4.56. The van der Waals surface area contributed by atoms with Gasteiger partial charge >= 0.3 is 18.0 Å². The van der Waals surface area contributed by atoms with Crippen LogP contribution in [0.2, 0.25) is 0 Å². The van der Waals surface area contributed by atoms with E-state index in [-0.39, 0.29) is 32.0 Å². The Bertz CT molecular complexity index is 1600. The van der Waals surface area contributed by atoms with E-state index in [4.69, 9.17) is 4.74 Å². The molecule has 1 N–H and O–H groups in total. The second-order valence-electron chi connectivity index (χ2n) is 11.8. The molecule has 0 aliphatic heterocycles. The second-order valence-corrected chi connectivity index (χ2v) is 16.4. The number of ether oxygens (including phenoxy) is 1. The summed E-state index contributed by atoms with van der Waals surface area (Å²) in [6.45, 7) is 10.4. The lowest BCUT2D eigenvalue weighted by Gasteiger charge is -2.37. The summed E-state index contributed by atoms with van der Waals surface area (Å²) in [6.07, 6.45) is 12.0. The molecule has 0 bridgehead atoms. The first-order chi connectivity index (χ1) is 21.2. The van der Waals surface area contributed by atoms with Gasteiger partial charge in [-0.15, -0.1) is 0 Å². The number of fused-ring (bicyclic) bond motifs is 1. The molecular formula is C32H41F3N6O3S. The Hall–Kier alpha value is -3.97. The minimum Gasteiger partial charge on any atom is -0.358 e. The van der Waals surface area contributed by atoms with Crippen molar-refractivity contribution in [2.75, 3.05) is 36.4 Å². The summed E-state index contributed by atoms with van der Waals surface area (Å²) in [7, 11) is -0.738. The van der Waals surface area contributed by atoms with E-state index in [1.54, 1.807) is 29.2 Å². The van der Waals surface area contributed by atoms with Crippen LogP contribution in [0.4, 0.5) is 18.9 Å². The fourth-order valence-electron chi connectivity index (χ4n) is 5.27. The maximum atomic E-state index is 13.9. The van der Waals surface area contributed by atoms with Crippen molar-refractivity contribution in [3.05, 3.63) is 84.6 Å². The second kappa shape index (κ2) is 14.0. The maximum Gasteiger partial charge on any atom is 0.417 e. The van der Waals surface area contributed by atoms with Gasteiger partial charge in [0.1, 0.15) is 6.73 Å². The highest BCUT2D eigenvalue weighted by Crippen LogP contribution is 2.36. The number of nitrogens with one attached hydrogen (secondary N) is 1. The zero-order valence-electron chi connectivity index (χ0n) is 25.9. The van der Waals surface area contributed by atoms with Crippen molar-refractivity contribution >= 4 is 38.4 Å². The molecule has 244 valence electrons. The van der Waals surface area contributed by atoms with E-state index >= 15 is 0 Å². The Kier molecular flexibility index (Phi) is 10.5. The van der Waals surface area contributed by atoms with Crippen molar-refractivity contribution in [3.8, 4) is 0 Å². The van der Waals surface area contributed by atoms with E-state index in [1.807, 2.05) is 6.92 Å². The summed E-state index contributed by atoms with van der Waals surface area (Å²) in [5, 5.41) is 7.71. The monoisotopic (exact) mass is 646 g/mol. The Labute approximate surface area is 264 Å². The number of halogens is 3. The standard InChI is InChI=1S/C32H39F3N6O3S.H2/c1-7-25-21(3)9-12-28(26(25)8-2)40(19-24-11-10-23(17-37-24)32(33,34)35)31(43)30(42)39-27-18-36-15-22-16-38-41(29(22)27)20-44-13-14-45(4,5)6;/h7-8,10-11,15-18,21,28H,1-2,9,12-14,19-20H2,3-6H3,(H,39,42);1H. The van der Waals surface area contributed by atoms with Crippen LogP contribution >= 0.6 is 10.0 Å². The Morgan fingerprint density at radius 3 is 2.49 bits per heavy atom. The van der Waals surface area contributed by atoms with Crippen LogP contribution in [-0.2, 0) is 33.8 Å². The molecule has 3 aromatic rings. The fraction of sp³-hybridized carbons (Fsp3) is 0.406. The number of rotatable bonds is 11. The predicted molar refractivity (Wildman–Crippen MR) is 174 cm³/mol. The van der Waals surface area contributed by atoms with Crippen LogP contribution in [-0.4, -0.2) is 73.6 Å². The Morgan fingerprint density at radius 2 is 1.87 bits per heavy atom. The molecule has 1 aliphatic carbocycles. The third-order valence-electron chi connectivity index (χ3n) is 7.69. The lowest BCUT2D eigenvalue weighted by molar-refractivity contribution is -0.145. The largest absolute Gasteiger partial charge is 0.417 e. The third-order valence-corrected chi connectivity index (χ3v) is 9.09. The molecule has 2 atom stereocenters. The zero-order chi connectivity index (χ0) is 32.9. The summed E-state index contributed by atoms with van der Waals surface area (Å²) in [5.74, 6) is -0.753. The van der Waals surface area contributed by atoms with E-state index in [0.717, 1.165) is 29.2 Å². The van der Waals surface area contributed by atoms with E-state index in [1.165, 1.54) is 17.2 Å². The summed E-state index contributed by atoms with van der Waals surface area (Å²) in [6, 6.07) is 1.54. The van der Waals surface area contributed by atoms with Gasteiger partial charge in [-0.3, -0.25) is 19.6 Å². The van der Waals surface area contributed by atoms with Gasteiger partial charge in [-0.25, -0.2) is 14.7 Å². The molecule has 3 aromatic heterocycles. The summed E-state index contributed by atoms with van der Waals surface area (Å²) in [5.41, 5.74) is 1.72. The molecule has 0 radical (unpaired) electrons. The topological polar surface area (TPSA) is 102 Å². The van der Waals surface area contributed by atoms with Gasteiger partial charge in [-0.05, 0) is 60.8 Å². The molecule has 4 rings (SSSR count). The van der Waals surface area contributed by atoms with Gasteiger partial charge in [0, 0.05) is 25.0 Å². The summed E-state index contributed by atoms with van der Waals surface area (Å²) in [4.78, 5) is 37.0. The van der Waals surface area contributed by atoms with Gasteiger partial charge < -0.3 is 15.0 Å². The molecule has 0 fully saturated rings. The lowest BCUT2D eigenvalue weighted by Crippen LogP contribution is -2.47. The van der Waals surface area contributed by atoms with Crippen molar-refractivity contribution in [2.45, 2.75) is 45.3 Å². The van der Waals surface area contributed by atoms with Crippen LogP contribution in [0.1, 0.15) is 32.4 Å². The minimum absolute atomic E-state index is 0. The first-order valence-electron chi connectivity index (χ1n) is 14.4. The van der Waals surface area contributed by atoms with E-state index in [9.17, 15) is 22.8 Å². The first-order valence-corrected chi connectivity index (χ1v) is 17.4. The molecule has 45 heavy (non-hydrogen) atoms. The van der Waals surface area contributed by atoms with Gasteiger partial charge in [0.2, 0.25) is 0 Å². The van der Waals surface area contributed by atoms with Crippen LogP contribution < -0.4 is 5.32 Å². The number of nitrogens with zero attached hydrogens (tertiary/aromatic N) is 5. The van der Waals surface area contributed by atoms with Crippen molar-refractivity contribution in [3.63, 3.8) is 0 Å². The quantitative estimate of drug-likeness (QED) is 0.197. The molecule has 0 saturated heterocycles. The molecule has 0 aromatic carbocycles. The molecule has 13 heteroatoms.